The fourth-order valence-electron chi connectivity index (χ4n) is 27.7. The Kier molecular flexibility index (Phi) is 4.50. The molecule has 17 aliphatic carbocycles. The van der Waals surface area contributed by atoms with Gasteiger partial charge in [0, 0.05) is 11.3 Å². The lowest BCUT2D eigenvalue weighted by molar-refractivity contribution is -0.146. The Morgan fingerprint density at radius 3 is 1.42 bits per heavy atom. The van der Waals surface area contributed by atoms with Crippen molar-refractivity contribution < 1.29 is 9.47 Å². The predicted octanol–water partition coefficient (Wildman–Crippen LogP) is 10.0. The molecule has 2 heteroatoms. The minimum atomic E-state index is 0.119. The largest absolute Gasteiger partial charge is 0.368 e. The summed E-state index contributed by atoms with van der Waals surface area (Å²) in [5.41, 5.74) is 10.7. The second kappa shape index (κ2) is 8.84. The quantitative estimate of drug-likeness (QED) is 0.228. The van der Waals surface area contributed by atoms with Gasteiger partial charge >= 0.3 is 0 Å². The van der Waals surface area contributed by atoms with Crippen molar-refractivity contribution in [2.24, 2.45) is 178 Å². The minimum Gasteiger partial charge on any atom is -0.368 e. The summed E-state index contributed by atoms with van der Waals surface area (Å²) in [6, 6.07) is 20.7. The van der Waals surface area contributed by atoms with E-state index in [-0.39, 0.29) is 5.41 Å². The summed E-state index contributed by atoms with van der Waals surface area (Å²) in [7, 11) is 0. The van der Waals surface area contributed by atoms with Gasteiger partial charge in [0.2, 0.25) is 0 Å². The lowest BCUT2D eigenvalue weighted by Crippen LogP contribution is -2.58. The third kappa shape index (κ3) is 2.68. The molecule has 2 heterocycles. The molecule has 59 heavy (non-hydrogen) atoms. The second-order valence-electron chi connectivity index (χ2n) is 26.3. The maximum absolute atomic E-state index is 5.88. The van der Waals surface area contributed by atoms with Crippen molar-refractivity contribution in [3.05, 3.63) is 94.1 Å². The first-order valence-corrected chi connectivity index (χ1v) is 26.2. The normalized spacial score (nSPS) is 70.0. The van der Waals surface area contributed by atoms with Crippen LogP contribution < -0.4 is 0 Å². The topological polar surface area (TPSA) is 25.1 Å². The number of benzene rings is 2. The van der Waals surface area contributed by atoms with Crippen molar-refractivity contribution in [3.63, 3.8) is 0 Å². The monoisotopic (exact) mass is 774 g/mol. The van der Waals surface area contributed by atoms with Gasteiger partial charge in [0.25, 0.3) is 0 Å². The van der Waals surface area contributed by atoms with Gasteiger partial charge in [-0.2, -0.15) is 0 Å². The number of ether oxygens (including phenoxy) is 2. The number of hydrogen-bond donors (Lipinski definition) is 0. The maximum Gasteiger partial charge on any atom is 0.106 e. The summed E-state index contributed by atoms with van der Waals surface area (Å²) in [5.74, 6) is 31.4. The number of rotatable bonds is 4. The van der Waals surface area contributed by atoms with E-state index >= 15 is 0 Å². The van der Waals surface area contributed by atoms with E-state index in [1.54, 1.807) is 49.7 Å². The molecular formula is C57H58O2. The molecule has 2 saturated heterocycles. The summed E-state index contributed by atoms with van der Waals surface area (Å²) < 4.78 is 11.8. The molecule has 298 valence electrons. The van der Waals surface area contributed by atoms with Crippen molar-refractivity contribution in [2.45, 2.75) is 56.1 Å². The van der Waals surface area contributed by atoms with Crippen LogP contribution in [0.3, 0.4) is 0 Å². The third-order valence-electron chi connectivity index (χ3n) is 27.1. The molecule has 0 radical (unpaired) electrons. The number of epoxide rings is 2. The fraction of sp³-hybridized carbons (Fsp3) is 0.719. The minimum absolute atomic E-state index is 0.119. The van der Waals surface area contributed by atoms with Gasteiger partial charge in [-0.05, 0) is 232 Å². The zero-order valence-electron chi connectivity index (χ0n) is 34.2. The van der Waals surface area contributed by atoms with Crippen LogP contribution in [0.5, 0.6) is 0 Å². The highest BCUT2D eigenvalue weighted by Crippen LogP contribution is 2.94. The van der Waals surface area contributed by atoms with E-state index in [1.165, 1.54) is 23.0 Å². The lowest BCUT2D eigenvalue weighted by Gasteiger charge is -2.61. The van der Waals surface area contributed by atoms with Gasteiger partial charge in [-0.15, -0.1) is 0 Å². The highest BCUT2D eigenvalue weighted by Gasteiger charge is 2.90. The van der Waals surface area contributed by atoms with Gasteiger partial charge in [0.1, 0.15) is 12.2 Å². The Balaban J connectivity index is 0.867. The molecule has 21 rings (SSSR count). The SMILES string of the molecule is C1=CC2C3CCC4C5CCC6C7CCC8C9C7C7C6C5C5C4C3C3C2C2C1C1=C4C2C2C(C9C4C8C4C1C4(c1ccc(C4CO4)cc1)c1ccc(C4CO4)cc1)C7C5C23. The van der Waals surface area contributed by atoms with E-state index < -0.39 is 0 Å². The van der Waals surface area contributed by atoms with E-state index in [0.29, 0.717) is 18.1 Å². The summed E-state index contributed by atoms with van der Waals surface area (Å²) in [6.07, 6.45) is 16.5. The van der Waals surface area contributed by atoms with Gasteiger partial charge in [0.05, 0.1) is 13.2 Å². The van der Waals surface area contributed by atoms with Crippen LogP contribution in [-0.2, 0) is 14.9 Å². The molecule has 2 aromatic rings. The predicted molar refractivity (Wildman–Crippen MR) is 220 cm³/mol. The Morgan fingerprint density at radius 2 is 0.831 bits per heavy atom. The van der Waals surface area contributed by atoms with E-state index in [1.807, 2.05) is 0 Å². The van der Waals surface area contributed by atoms with Crippen molar-refractivity contribution in [1.29, 1.82) is 0 Å². The van der Waals surface area contributed by atoms with Crippen LogP contribution >= 0.6 is 0 Å². The van der Waals surface area contributed by atoms with Gasteiger partial charge < -0.3 is 9.47 Å². The molecular weight excluding hydrogens is 717 g/mol. The molecule has 32 atom stereocenters. The molecule has 19 aliphatic rings. The smallest absolute Gasteiger partial charge is 0.106 e. The van der Waals surface area contributed by atoms with Crippen LogP contribution in [0.2, 0.25) is 0 Å². The molecule has 14 saturated carbocycles. The average Bonchev–Trinajstić information content (AvgIpc) is 4.22. The van der Waals surface area contributed by atoms with Gasteiger partial charge in [-0.1, -0.05) is 71.8 Å². The van der Waals surface area contributed by atoms with Crippen molar-refractivity contribution in [3.8, 4) is 0 Å². The standard InChI is InChI=1S/C57H58O2/c1-5-21(6-2-19(1)31-17-58-31)57(22-7-3-20(4-8-22)32-18-59-32)55-41-29-15-13-27-25-11-9-23-24-10-12-26-28-14-16-30-40-38(28)45-36(26)34(24)43-33(23)35(25)44-37(27)39(29)46-48(41)49(42(30)56(55)57)47(40)54-52(45)50(43)51(44)53(46)54/h1-8,13,15,23-40,42-47,49-56H,9-12,14,16-18H2. The number of hydrogen-bond acceptors (Lipinski definition) is 2. The lowest BCUT2D eigenvalue weighted by atomic mass is 9.43. The molecule has 2 aliphatic heterocycles. The molecule has 16 fully saturated rings. The van der Waals surface area contributed by atoms with Crippen LogP contribution in [0.25, 0.3) is 0 Å². The zero-order chi connectivity index (χ0) is 36.6. The third-order valence-corrected chi connectivity index (χ3v) is 27.1. The van der Waals surface area contributed by atoms with Crippen LogP contribution in [0, 0.1) is 178 Å². The summed E-state index contributed by atoms with van der Waals surface area (Å²) >= 11 is 0. The van der Waals surface area contributed by atoms with Gasteiger partial charge in [0.15, 0.2) is 0 Å². The van der Waals surface area contributed by atoms with Gasteiger partial charge in [-0.25, -0.2) is 0 Å². The molecule has 0 aromatic heterocycles. The highest BCUT2D eigenvalue weighted by atomic mass is 16.6. The summed E-state index contributed by atoms with van der Waals surface area (Å²) in [4.78, 5) is 0. The van der Waals surface area contributed by atoms with Crippen molar-refractivity contribution in [2.75, 3.05) is 13.2 Å². The van der Waals surface area contributed by atoms with Crippen LogP contribution in [0.15, 0.2) is 71.8 Å². The molecule has 2 aromatic carbocycles. The van der Waals surface area contributed by atoms with Crippen LogP contribution in [-0.4, -0.2) is 13.2 Å². The number of allylic oxidation sites excluding steroid dienone is 4. The van der Waals surface area contributed by atoms with Crippen molar-refractivity contribution in [1.82, 2.24) is 0 Å². The Labute approximate surface area is 349 Å². The second-order valence-corrected chi connectivity index (χ2v) is 26.3. The molecule has 0 bridgehead atoms. The Bertz CT molecular complexity index is 2410. The van der Waals surface area contributed by atoms with Gasteiger partial charge in [-0.3, -0.25) is 0 Å². The fourth-order valence-corrected chi connectivity index (χ4v) is 27.7. The summed E-state index contributed by atoms with van der Waals surface area (Å²) in [5, 5.41) is 0. The first kappa shape index (κ1) is 30.0. The maximum atomic E-state index is 5.88. The number of fused-ring (bicyclic) bond motifs is 8. The van der Waals surface area contributed by atoms with Crippen molar-refractivity contribution >= 4 is 0 Å². The Hall–Kier alpha value is -2.16. The first-order chi connectivity index (χ1) is 29.3. The summed E-state index contributed by atoms with van der Waals surface area (Å²) in [6.45, 7) is 1.82. The van der Waals surface area contributed by atoms with E-state index in [4.69, 9.17) is 9.47 Å². The van der Waals surface area contributed by atoms with E-state index in [0.717, 1.165) is 173 Å². The van der Waals surface area contributed by atoms with E-state index in [2.05, 4.69) is 71.8 Å². The molecule has 32 unspecified atom stereocenters. The highest BCUT2D eigenvalue weighted by molar-refractivity contribution is 5.62. The molecule has 2 nitrogen and oxygen atoms in total. The zero-order valence-corrected chi connectivity index (χ0v) is 34.2. The van der Waals surface area contributed by atoms with Crippen LogP contribution in [0.1, 0.15) is 73.0 Å². The van der Waals surface area contributed by atoms with Crippen LogP contribution in [0.4, 0.5) is 0 Å². The molecule has 0 N–H and O–H groups in total. The molecule has 0 amide bonds. The Morgan fingerprint density at radius 1 is 0.390 bits per heavy atom. The van der Waals surface area contributed by atoms with E-state index in [9.17, 15) is 0 Å². The first-order valence-electron chi connectivity index (χ1n) is 26.2. The molecule has 0 spiro atoms. The average molecular weight is 775 g/mol.